The zero-order chi connectivity index (χ0) is 10.4. The standard InChI is InChI=1S/C11H23NO2/c1-3-5-10-8-11(13)9-12(10)6-7-14-4-2/h10-11,13H,3-9H2,1-2H3. The van der Waals surface area contributed by atoms with Gasteiger partial charge in [-0.2, -0.15) is 0 Å². The number of rotatable bonds is 6. The average molecular weight is 201 g/mol. The second-order valence-electron chi connectivity index (χ2n) is 4.02. The van der Waals surface area contributed by atoms with E-state index in [4.69, 9.17) is 4.74 Å². The van der Waals surface area contributed by atoms with E-state index in [-0.39, 0.29) is 6.10 Å². The van der Waals surface area contributed by atoms with Crippen LogP contribution in [-0.2, 0) is 4.74 Å². The van der Waals surface area contributed by atoms with E-state index in [1.807, 2.05) is 6.92 Å². The van der Waals surface area contributed by atoms with Crippen LogP contribution in [0.15, 0.2) is 0 Å². The van der Waals surface area contributed by atoms with Crippen LogP contribution < -0.4 is 0 Å². The highest BCUT2D eigenvalue weighted by Crippen LogP contribution is 2.21. The maximum atomic E-state index is 9.57. The van der Waals surface area contributed by atoms with Gasteiger partial charge in [-0.15, -0.1) is 0 Å². The van der Waals surface area contributed by atoms with Crippen LogP contribution in [0.25, 0.3) is 0 Å². The van der Waals surface area contributed by atoms with Gasteiger partial charge in [0.05, 0.1) is 12.7 Å². The molecule has 3 nitrogen and oxygen atoms in total. The maximum absolute atomic E-state index is 9.57. The molecule has 0 aromatic rings. The molecule has 2 atom stereocenters. The fourth-order valence-corrected chi connectivity index (χ4v) is 2.19. The lowest BCUT2D eigenvalue weighted by Gasteiger charge is -2.23. The lowest BCUT2D eigenvalue weighted by atomic mass is 10.1. The molecular formula is C11H23NO2. The van der Waals surface area contributed by atoms with Crippen molar-refractivity contribution in [3.63, 3.8) is 0 Å². The molecular weight excluding hydrogens is 178 g/mol. The van der Waals surface area contributed by atoms with Crippen molar-refractivity contribution in [3.05, 3.63) is 0 Å². The largest absolute Gasteiger partial charge is 0.392 e. The molecule has 0 saturated carbocycles. The minimum atomic E-state index is -0.117. The summed E-state index contributed by atoms with van der Waals surface area (Å²) in [7, 11) is 0. The van der Waals surface area contributed by atoms with Crippen molar-refractivity contribution in [3.8, 4) is 0 Å². The van der Waals surface area contributed by atoms with E-state index >= 15 is 0 Å². The molecule has 1 heterocycles. The van der Waals surface area contributed by atoms with Crippen molar-refractivity contribution in [1.29, 1.82) is 0 Å². The van der Waals surface area contributed by atoms with Gasteiger partial charge in [0.2, 0.25) is 0 Å². The molecule has 1 aliphatic rings. The van der Waals surface area contributed by atoms with Gasteiger partial charge in [0.15, 0.2) is 0 Å². The third kappa shape index (κ3) is 3.56. The van der Waals surface area contributed by atoms with Crippen molar-refractivity contribution in [2.45, 2.75) is 45.3 Å². The predicted molar refractivity (Wildman–Crippen MR) is 57.4 cm³/mol. The van der Waals surface area contributed by atoms with E-state index in [0.29, 0.717) is 6.04 Å². The summed E-state index contributed by atoms with van der Waals surface area (Å²) in [5, 5.41) is 9.57. The Morgan fingerprint density at radius 2 is 2.21 bits per heavy atom. The Kier molecular flexibility index (Phi) is 5.45. The van der Waals surface area contributed by atoms with E-state index in [1.165, 1.54) is 12.8 Å². The van der Waals surface area contributed by atoms with E-state index in [2.05, 4.69) is 11.8 Å². The van der Waals surface area contributed by atoms with Crippen molar-refractivity contribution in [1.82, 2.24) is 4.90 Å². The molecule has 1 rings (SSSR count). The molecule has 1 N–H and O–H groups in total. The SMILES string of the molecule is CCCC1CC(O)CN1CCOCC. The highest BCUT2D eigenvalue weighted by atomic mass is 16.5. The van der Waals surface area contributed by atoms with E-state index in [9.17, 15) is 5.11 Å². The molecule has 0 amide bonds. The lowest BCUT2D eigenvalue weighted by Crippen LogP contribution is -2.33. The number of hydrogen-bond acceptors (Lipinski definition) is 3. The zero-order valence-electron chi connectivity index (χ0n) is 9.41. The van der Waals surface area contributed by atoms with Gasteiger partial charge in [-0.25, -0.2) is 0 Å². The number of nitrogens with zero attached hydrogens (tertiary/aromatic N) is 1. The van der Waals surface area contributed by atoms with Gasteiger partial charge in [-0.05, 0) is 19.8 Å². The fraction of sp³-hybridized carbons (Fsp3) is 1.00. The summed E-state index contributed by atoms with van der Waals surface area (Å²) in [6.45, 7) is 7.60. The number of hydrogen-bond donors (Lipinski definition) is 1. The first kappa shape index (κ1) is 12.0. The van der Waals surface area contributed by atoms with Crippen LogP contribution in [-0.4, -0.2) is 48.5 Å². The second-order valence-corrected chi connectivity index (χ2v) is 4.02. The van der Waals surface area contributed by atoms with E-state index in [0.717, 1.165) is 32.7 Å². The van der Waals surface area contributed by atoms with Gasteiger partial charge >= 0.3 is 0 Å². The number of β-amino-alcohol motifs (C(OH)–C–C–N with tert-alkyl or cyclic N) is 1. The Labute approximate surface area is 87.1 Å². The van der Waals surface area contributed by atoms with Crippen LogP contribution in [0, 0.1) is 0 Å². The number of aliphatic hydroxyl groups excluding tert-OH is 1. The molecule has 0 spiro atoms. The number of likely N-dealkylation sites (tertiary alicyclic amines) is 1. The topological polar surface area (TPSA) is 32.7 Å². The lowest BCUT2D eigenvalue weighted by molar-refractivity contribution is 0.101. The average Bonchev–Trinajstić information content (AvgIpc) is 2.48. The van der Waals surface area contributed by atoms with Gasteiger partial charge < -0.3 is 9.84 Å². The first-order chi connectivity index (χ1) is 6.77. The molecule has 0 bridgehead atoms. The molecule has 2 unspecified atom stereocenters. The van der Waals surface area contributed by atoms with Crippen molar-refractivity contribution < 1.29 is 9.84 Å². The Bertz CT molecular complexity index is 152. The van der Waals surface area contributed by atoms with Crippen LogP contribution in [0.2, 0.25) is 0 Å². The van der Waals surface area contributed by atoms with Crippen LogP contribution in [0.3, 0.4) is 0 Å². The third-order valence-corrected chi connectivity index (χ3v) is 2.85. The Hall–Kier alpha value is -0.120. The van der Waals surface area contributed by atoms with Gasteiger partial charge in [0, 0.05) is 25.7 Å². The van der Waals surface area contributed by atoms with Crippen LogP contribution in [0.5, 0.6) is 0 Å². The fourth-order valence-electron chi connectivity index (χ4n) is 2.19. The summed E-state index contributed by atoms with van der Waals surface area (Å²) < 4.78 is 5.33. The minimum Gasteiger partial charge on any atom is -0.392 e. The van der Waals surface area contributed by atoms with Crippen molar-refractivity contribution >= 4 is 0 Å². The Morgan fingerprint density at radius 3 is 2.86 bits per heavy atom. The summed E-state index contributed by atoms with van der Waals surface area (Å²) in [5.41, 5.74) is 0. The Balaban J connectivity index is 2.25. The summed E-state index contributed by atoms with van der Waals surface area (Å²) in [6, 6.07) is 0.579. The van der Waals surface area contributed by atoms with Crippen LogP contribution in [0.1, 0.15) is 33.1 Å². The highest BCUT2D eigenvalue weighted by Gasteiger charge is 2.29. The monoisotopic (exact) mass is 201 g/mol. The zero-order valence-corrected chi connectivity index (χ0v) is 9.41. The summed E-state index contributed by atoms with van der Waals surface area (Å²) in [6.07, 6.45) is 3.22. The Morgan fingerprint density at radius 1 is 1.43 bits per heavy atom. The van der Waals surface area contributed by atoms with Gasteiger partial charge in [-0.3, -0.25) is 4.90 Å². The molecule has 0 aromatic carbocycles. The summed E-state index contributed by atoms with van der Waals surface area (Å²) in [4.78, 5) is 2.36. The quantitative estimate of drug-likeness (QED) is 0.657. The third-order valence-electron chi connectivity index (χ3n) is 2.85. The maximum Gasteiger partial charge on any atom is 0.0682 e. The molecule has 14 heavy (non-hydrogen) atoms. The number of aliphatic hydroxyl groups is 1. The second kappa shape index (κ2) is 6.38. The van der Waals surface area contributed by atoms with E-state index in [1.54, 1.807) is 0 Å². The predicted octanol–water partition coefficient (Wildman–Crippen LogP) is 1.26. The summed E-state index contributed by atoms with van der Waals surface area (Å²) in [5.74, 6) is 0. The first-order valence-electron chi connectivity index (χ1n) is 5.77. The molecule has 3 heteroatoms. The highest BCUT2D eigenvalue weighted by molar-refractivity contribution is 4.84. The normalized spacial score (nSPS) is 28.5. The summed E-state index contributed by atoms with van der Waals surface area (Å²) >= 11 is 0. The van der Waals surface area contributed by atoms with Gasteiger partial charge in [-0.1, -0.05) is 13.3 Å². The molecule has 0 aromatic heterocycles. The van der Waals surface area contributed by atoms with Crippen LogP contribution in [0.4, 0.5) is 0 Å². The first-order valence-corrected chi connectivity index (χ1v) is 5.77. The van der Waals surface area contributed by atoms with Gasteiger partial charge in [0.25, 0.3) is 0 Å². The molecule has 0 radical (unpaired) electrons. The molecule has 0 aliphatic carbocycles. The van der Waals surface area contributed by atoms with Crippen LogP contribution >= 0.6 is 0 Å². The minimum absolute atomic E-state index is 0.117. The van der Waals surface area contributed by atoms with Gasteiger partial charge in [0.1, 0.15) is 0 Å². The molecule has 1 aliphatic heterocycles. The van der Waals surface area contributed by atoms with Crippen molar-refractivity contribution in [2.24, 2.45) is 0 Å². The van der Waals surface area contributed by atoms with Crippen molar-refractivity contribution in [2.75, 3.05) is 26.3 Å². The number of ether oxygens (including phenoxy) is 1. The molecule has 1 saturated heterocycles. The smallest absolute Gasteiger partial charge is 0.0682 e. The molecule has 1 fully saturated rings. The molecule has 84 valence electrons. The van der Waals surface area contributed by atoms with E-state index < -0.39 is 0 Å².